The maximum atomic E-state index is 3.39. The van der Waals surface area contributed by atoms with Gasteiger partial charge in [0.25, 0.3) is 0 Å². The Morgan fingerprint density at radius 2 is 1.30 bits per heavy atom. The summed E-state index contributed by atoms with van der Waals surface area (Å²) in [6.07, 6.45) is 5.26. The molecule has 0 saturated heterocycles. The molecular formula is C8H22N2. The van der Waals surface area contributed by atoms with Crippen LogP contribution in [0.2, 0.25) is 0 Å². The van der Waals surface area contributed by atoms with Crippen molar-refractivity contribution < 1.29 is 0 Å². The van der Waals surface area contributed by atoms with Crippen molar-refractivity contribution >= 4 is 0 Å². The van der Waals surface area contributed by atoms with Crippen molar-refractivity contribution in [1.82, 2.24) is 11.5 Å². The predicted octanol–water partition coefficient (Wildman–Crippen LogP) is 2.34. The van der Waals surface area contributed by atoms with Gasteiger partial charge in [0.15, 0.2) is 0 Å². The Morgan fingerprint density at radius 1 is 0.900 bits per heavy atom. The van der Waals surface area contributed by atoms with Gasteiger partial charge in [0.1, 0.15) is 0 Å². The molecule has 4 N–H and O–H groups in total. The van der Waals surface area contributed by atoms with Crippen molar-refractivity contribution in [2.75, 3.05) is 13.1 Å². The molecule has 0 rings (SSSR count). The zero-order valence-corrected chi connectivity index (χ0v) is 7.45. The van der Waals surface area contributed by atoms with Crippen LogP contribution in [-0.2, 0) is 0 Å². The molecule has 0 atom stereocenters. The molecule has 0 saturated carbocycles. The van der Waals surface area contributed by atoms with Crippen LogP contribution >= 0.6 is 0 Å². The van der Waals surface area contributed by atoms with Crippen molar-refractivity contribution in [2.45, 2.75) is 39.5 Å². The molecule has 0 bridgehead atoms. The van der Waals surface area contributed by atoms with Crippen molar-refractivity contribution in [1.29, 1.82) is 0 Å². The zero-order valence-electron chi connectivity index (χ0n) is 7.45. The molecule has 0 aliphatic rings. The van der Waals surface area contributed by atoms with Crippen molar-refractivity contribution in [2.24, 2.45) is 0 Å². The Labute approximate surface area is 65.0 Å². The van der Waals surface area contributed by atoms with Gasteiger partial charge < -0.3 is 11.5 Å². The fraction of sp³-hybridized carbons (Fsp3) is 1.00. The summed E-state index contributed by atoms with van der Waals surface area (Å²) in [5.41, 5.74) is 0. The summed E-state index contributed by atoms with van der Waals surface area (Å²) in [6.45, 7) is 6.86. The van der Waals surface area contributed by atoms with Crippen LogP contribution in [0.5, 0.6) is 0 Å². The summed E-state index contributed by atoms with van der Waals surface area (Å²) >= 11 is 0. The van der Waals surface area contributed by atoms with E-state index in [-0.39, 0.29) is 6.15 Å². The summed E-state index contributed by atoms with van der Waals surface area (Å²) in [5.74, 6) is 0. The monoisotopic (exact) mass is 146 g/mol. The fourth-order valence-electron chi connectivity index (χ4n) is 0.729. The first-order valence-electron chi connectivity index (χ1n) is 4.12. The lowest BCUT2D eigenvalue weighted by Gasteiger charge is -1.99. The zero-order chi connectivity index (χ0) is 6.95. The number of unbranched alkanes of at least 4 members (excludes halogenated alkanes) is 2. The first-order valence-corrected chi connectivity index (χ1v) is 4.12. The standard InChI is InChI=1S/C8H19N.H3N/c1-3-5-7-9-8-6-4-2;/h9H,3-8H2,1-2H3;1H3. The molecule has 0 unspecified atom stereocenters. The van der Waals surface area contributed by atoms with Crippen LogP contribution in [0.25, 0.3) is 0 Å². The highest BCUT2D eigenvalue weighted by Gasteiger charge is 1.83. The Hall–Kier alpha value is -0.0800. The van der Waals surface area contributed by atoms with Gasteiger partial charge in [0.05, 0.1) is 0 Å². The average Bonchev–Trinajstić information content (AvgIpc) is 1.89. The van der Waals surface area contributed by atoms with Crippen LogP contribution in [0.3, 0.4) is 0 Å². The van der Waals surface area contributed by atoms with Gasteiger partial charge in [-0.05, 0) is 25.9 Å². The van der Waals surface area contributed by atoms with E-state index >= 15 is 0 Å². The highest BCUT2D eigenvalue weighted by Crippen LogP contribution is 1.85. The summed E-state index contributed by atoms with van der Waals surface area (Å²) in [5, 5.41) is 3.39. The molecule has 2 nitrogen and oxygen atoms in total. The lowest BCUT2D eigenvalue weighted by molar-refractivity contribution is 0.611. The van der Waals surface area contributed by atoms with Gasteiger partial charge in [-0.3, -0.25) is 0 Å². The number of nitrogens with one attached hydrogen (secondary N) is 1. The molecule has 0 spiro atoms. The van der Waals surface area contributed by atoms with E-state index in [1.54, 1.807) is 0 Å². The third-order valence-electron chi connectivity index (χ3n) is 1.41. The Morgan fingerprint density at radius 3 is 1.60 bits per heavy atom. The van der Waals surface area contributed by atoms with Crippen LogP contribution in [0.4, 0.5) is 0 Å². The second-order valence-corrected chi connectivity index (χ2v) is 2.46. The minimum absolute atomic E-state index is 0. The lowest BCUT2D eigenvalue weighted by Crippen LogP contribution is -2.15. The van der Waals surface area contributed by atoms with E-state index in [0.29, 0.717) is 0 Å². The van der Waals surface area contributed by atoms with E-state index in [9.17, 15) is 0 Å². The van der Waals surface area contributed by atoms with Gasteiger partial charge in [-0.15, -0.1) is 0 Å². The largest absolute Gasteiger partial charge is 0.344 e. The highest BCUT2D eigenvalue weighted by molar-refractivity contribution is 4.45. The summed E-state index contributed by atoms with van der Waals surface area (Å²) in [4.78, 5) is 0. The van der Waals surface area contributed by atoms with Gasteiger partial charge in [-0.2, -0.15) is 0 Å². The van der Waals surface area contributed by atoms with E-state index in [1.807, 2.05) is 0 Å². The molecule has 0 radical (unpaired) electrons. The van der Waals surface area contributed by atoms with E-state index < -0.39 is 0 Å². The molecule has 0 aromatic heterocycles. The minimum atomic E-state index is 0. The maximum absolute atomic E-state index is 3.39. The smallest absolute Gasteiger partial charge is 0.00490 e. The topological polar surface area (TPSA) is 47.0 Å². The van der Waals surface area contributed by atoms with E-state index in [4.69, 9.17) is 0 Å². The van der Waals surface area contributed by atoms with E-state index in [2.05, 4.69) is 19.2 Å². The number of hydrogen-bond acceptors (Lipinski definition) is 2. The first-order chi connectivity index (χ1) is 4.41. The molecular weight excluding hydrogens is 124 g/mol. The van der Waals surface area contributed by atoms with Gasteiger partial charge in [0, 0.05) is 0 Å². The summed E-state index contributed by atoms with van der Waals surface area (Å²) in [6, 6.07) is 0. The van der Waals surface area contributed by atoms with Crippen LogP contribution in [-0.4, -0.2) is 13.1 Å². The molecule has 64 valence electrons. The van der Waals surface area contributed by atoms with Gasteiger partial charge >= 0.3 is 0 Å². The van der Waals surface area contributed by atoms with Gasteiger partial charge in [-0.1, -0.05) is 26.7 Å². The van der Waals surface area contributed by atoms with Crippen molar-refractivity contribution in [3.63, 3.8) is 0 Å². The average molecular weight is 146 g/mol. The van der Waals surface area contributed by atoms with Crippen LogP contribution in [0.1, 0.15) is 39.5 Å². The second kappa shape index (κ2) is 11.7. The second-order valence-electron chi connectivity index (χ2n) is 2.46. The molecule has 0 aromatic carbocycles. The van der Waals surface area contributed by atoms with Crippen LogP contribution in [0, 0.1) is 0 Å². The summed E-state index contributed by atoms with van der Waals surface area (Å²) < 4.78 is 0. The summed E-state index contributed by atoms with van der Waals surface area (Å²) in [7, 11) is 0. The van der Waals surface area contributed by atoms with E-state index in [0.717, 1.165) is 0 Å². The van der Waals surface area contributed by atoms with Gasteiger partial charge in [0.2, 0.25) is 0 Å². The Balaban J connectivity index is 0. The highest BCUT2D eigenvalue weighted by atomic mass is 14.8. The molecule has 0 aliphatic heterocycles. The lowest BCUT2D eigenvalue weighted by atomic mass is 10.3. The third kappa shape index (κ3) is 10.8. The molecule has 0 aromatic rings. The normalized spacial score (nSPS) is 9.00. The Bertz CT molecular complexity index is 40.5. The van der Waals surface area contributed by atoms with Gasteiger partial charge in [-0.25, -0.2) is 0 Å². The third-order valence-corrected chi connectivity index (χ3v) is 1.41. The molecule has 0 heterocycles. The van der Waals surface area contributed by atoms with Crippen molar-refractivity contribution in [3.8, 4) is 0 Å². The van der Waals surface area contributed by atoms with E-state index in [1.165, 1.54) is 38.8 Å². The SMILES string of the molecule is CCCCNCCCC.N. The maximum Gasteiger partial charge on any atom is -0.00490 e. The van der Waals surface area contributed by atoms with Crippen LogP contribution in [0.15, 0.2) is 0 Å². The Kier molecular flexibility index (Phi) is 14.7. The molecule has 0 fully saturated rings. The fourth-order valence-corrected chi connectivity index (χ4v) is 0.729. The molecule has 0 amide bonds. The predicted molar refractivity (Wildman–Crippen MR) is 47.7 cm³/mol. The molecule has 10 heavy (non-hydrogen) atoms. The number of hydrogen-bond donors (Lipinski definition) is 2. The molecule has 2 heteroatoms. The molecule has 0 aliphatic carbocycles. The number of rotatable bonds is 6. The first kappa shape index (κ1) is 12.6. The van der Waals surface area contributed by atoms with Crippen molar-refractivity contribution in [3.05, 3.63) is 0 Å². The van der Waals surface area contributed by atoms with Crippen LogP contribution < -0.4 is 11.5 Å². The minimum Gasteiger partial charge on any atom is -0.344 e. The quantitative estimate of drug-likeness (QED) is 0.565.